The Morgan fingerprint density at radius 3 is 2.35 bits per heavy atom. The third-order valence-corrected chi connectivity index (χ3v) is 5.20. The summed E-state index contributed by atoms with van der Waals surface area (Å²) in [5.41, 5.74) is 1.76. The molecule has 1 amide bonds. The molecule has 120 valence electrons. The minimum Gasteiger partial charge on any atom is -0.328 e. The maximum atomic E-state index is 12.4. The second-order valence-corrected chi connectivity index (χ2v) is 6.80. The van der Waals surface area contributed by atoms with Gasteiger partial charge in [-0.2, -0.15) is 5.26 Å². The quantitative estimate of drug-likeness (QED) is 0.774. The summed E-state index contributed by atoms with van der Waals surface area (Å²) < 4.78 is 0. The van der Waals surface area contributed by atoms with Gasteiger partial charge in [0, 0.05) is 5.69 Å². The fourth-order valence-electron chi connectivity index (χ4n) is 3.57. The third kappa shape index (κ3) is 2.84. The Hall–Kier alpha value is -1.93. The molecule has 0 atom stereocenters. The fourth-order valence-corrected chi connectivity index (χ4v) is 4.03. The van der Waals surface area contributed by atoms with Gasteiger partial charge in [-0.25, -0.2) is 0 Å². The first-order valence-electron chi connectivity index (χ1n) is 8.10. The lowest BCUT2D eigenvalue weighted by Crippen LogP contribution is -2.63. The average Bonchev–Trinajstić information content (AvgIpc) is 2.75. The number of amides is 1. The second kappa shape index (κ2) is 6.29. The largest absolute Gasteiger partial charge is 0.328 e. The molecule has 5 heteroatoms. The molecule has 1 saturated carbocycles. The number of aryl methyl sites for hydroxylation is 1. The maximum Gasteiger partial charge on any atom is 0.266 e. The highest BCUT2D eigenvalue weighted by Gasteiger charge is 2.45. The molecule has 1 heterocycles. The van der Waals surface area contributed by atoms with Gasteiger partial charge in [0.05, 0.1) is 5.03 Å². The number of carbonyl (C=O) groups is 1. The Morgan fingerprint density at radius 2 is 1.78 bits per heavy atom. The number of carbonyl (C=O) groups excluding carboxylic acids is 1. The van der Waals surface area contributed by atoms with E-state index in [0.29, 0.717) is 5.03 Å². The van der Waals surface area contributed by atoms with Crippen LogP contribution in [-0.2, 0) is 4.79 Å². The van der Waals surface area contributed by atoms with Crippen molar-refractivity contribution < 1.29 is 4.79 Å². The highest BCUT2D eigenvalue weighted by atomic mass is 32.1. The second-order valence-electron chi connectivity index (χ2n) is 6.38. The van der Waals surface area contributed by atoms with Gasteiger partial charge in [0.1, 0.15) is 17.3 Å². The van der Waals surface area contributed by atoms with E-state index >= 15 is 0 Å². The van der Waals surface area contributed by atoms with Crippen LogP contribution in [0.4, 0.5) is 5.69 Å². The van der Waals surface area contributed by atoms with Crippen LogP contribution in [0.1, 0.15) is 44.1 Å². The van der Waals surface area contributed by atoms with Crippen molar-refractivity contribution in [2.45, 2.75) is 51.1 Å². The lowest BCUT2D eigenvalue weighted by atomic mass is 9.94. The zero-order valence-corrected chi connectivity index (χ0v) is 14.2. The first kappa shape index (κ1) is 15.9. The summed E-state index contributed by atoms with van der Waals surface area (Å²) in [5, 5.41) is 12.9. The normalized spacial score (nSPS) is 20.9. The molecule has 1 N–H and O–H groups in total. The Bertz CT molecular complexity index is 679. The maximum absolute atomic E-state index is 12.4. The van der Waals surface area contributed by atoms with Crippen molar-refractivity contribution in [1.29, 1.82) is 5.26 Å². The van der Waals surface area contributed by atoms with Crippen LogP contribution in [-0.4, -0.2) is 11.6 Å². The monoisotopic (exact) mass is 327 g/mol. The van der Waals surface area contributed by atoms with E-state index in [-0.39, 0.29) is 11.5 Å². The fraction of sp³-hybridized carbons (Fsp3) is 0.444. The zero-order valence-electron chi connectivity index (χ0n) is 13.3. The summed E-state index contributed by atoms with van der Waals surface area (Å²) in [5.74, 6) is -0.303. The van der Waals surface area contributed by atoms with Crippen LogP contribution in [0.15, 0.2) is 34.9 Å². The van der Waals surface area contributed by atoms with E-state index in [0.717, 1.165) is 31.4 Å². The van der Waals surface area contributed by atoms with E-state index in [9.17, 15) is 10.1 Å². The number of thiol groups is 1. The van der Waals surface area contributed by atoms with E-state index in [1.165, 1.54) is 18.4 Å². The summed E-state index contributed by atoms with van der Waals surface area (Å²) in [7, 11) is 0. The van der Waals surface area contributed by atoms with Crippen molar-refractivity contribution >= 4 is 24.2 Å². The molecule has 1 aliphatic carbocycles. The molecule has 1 spiro atoms. The van der Waals surface area contributed by atoms with Crippen molar-refractivity contribution in [2.75, 3.05) is 4.90 Å². The summed E-state index contributed by atoms with van der Waals surface area (Å²) >= 11 is 4.57. The molecule has 0 saturated heterocycles. The van der Waals surface area contributed by atoms with Crippen LogP contribution in [0.5, 0.6) is 0 Å². The number of hydrogen-bond acceptors (Lipinski definition) is 4. The summed E-state index contributed by atoms with van der Waals surface area (Å²) in [6.45, 7) is 2.04. The number of hydrogen-bond donors (Lipinski definition) is 2. The third-order valence-electron chi connectivity index (χ3n) is 4.77. The van der Waals surface area contributed by atoms with Crippen molar-refractivity contribution in [3.8, 4) is 6.07 Å². The first-order chi connectivity index (χ1) is 11.1. The molecule has 0 bridgehead atoms. The minimum atomic E-state index is -0.472. The van der Waals surface area contributed by atoms with Gasteiger partial charge in [-0.05, 0) is 44.7 Å². The van der Waals surface area contributed by atoms with Crippen molar-refractivity contribution in [1.82, 2.24) is 5.32 Å². The molecule has 1 aromatic carbocycles. The number of nitriles is 1. The topological polar surface area (TPSA) is 56.1 Å². The van der Waals surface area contributed by atoms with Gasteiger partial charge in [0.15, 0.2) is 0 Å². The molecule has 0 radical (unpaired) electrons. The van der Waals surface area contributed by atoms with Crippen molar-refractivity contribution in [3.63, 3.8) is 0 Å². The summed E-state index contributed by atoms with van der Waals surface area (Å²) in [4.78, 5) is 14.4. The van der Waals surface area contributed by atoms with Crippen LogP contribution in [0.25, 0.3) is 0 Å². The summed E-state index contributed by atoms with van der Waals surface area (Å²) in [6.07, 6.45) is 6.22. The number of anilines is 1. The highest BCUT2D eigenvalue weighted by molar-refractivity contribution is 7.84. The van der Waals surface area contributed by atoms with Gasteiger partial charge in [0.25, 0.3) is 5.91 Å². The van der Waals surface area contributed by atoms with Crippen molar-refractivity contribution in [3.05, 3.63) is 40.4 Å². The van der Waals surface area contributed by atoms with Gasteiger partial charge in [-0.3, -0.25) is 4.79 Å². The van der Waals surface area contributed by atoms with Crippen LogP contribution in [0, 0.1) is 18.3 Å². The van der Waals surface area contributed by atoms with E-state index < -0.39 is 5.66 Å². The zero-order chi connectivity index (χ0) is 16.4. The number of nitrogens with zero attached hydrogens (tertiary/aromatic N) is 2. The van der Waals surface area contributed by atoms with Gasteiger partial charge in [-0.1, -0.05) is 30.5 Å². The molecule has 1 fully saturated rings. The number of rotatable bonds is 1. The van der Waals surface area contributed by atoms with Gasteiger partial charge < -0.3 is 10.2 Å². The standard InChI is InChI=1S/C18H21N3OS/c1-13-6-8-14(9-7-13)21-17(23)15(12-19)16(22)20-18(21)10-4-2-3-5-11-18/h6-9,23H,2-5,10-11H2,1H3,(H,20,22). The Morgan fingerprint density at radius 1 is 1.17 bits per heavy atom. The molecule has 0 aromatic heterocycles. The van der Waals surface area contributed by atoms with Crippen LogP contribution in [0.2, 0.25) is 0 Å². The molecule has 1 aliphatic heterocycles. The predicted molar refractivity (Wildman–Crippen MR) is 93.9 cm³/mol. The highest BCUT2D eigenvalue weighted by Crippen LogP contribution is 2.41. The number of benzene rings is 1. The molecule has 4 nitrogen and oxygen atoms in total. The molecule has 3 rings (SSSR count). The Labute approximate surface area is 142 Å². The van der Waals surface area contributed by atoms with Crippen LogP contribution < -0.4 is 10.2 Å². The van der Waals surface area contributed by atoms with Crippen molar-refractivity contribution in [2.24, 2.45) is 0 Å². The minimum absolute atomic E-state index is 0.0868. The van der Waals surface area contributed by atoms with Gasteiger partial charge >= 0.3 is 0 Å². The number of nitrogens with one attached hydrogen (secondary N) is 1. The molecular weight excluding hydrogens is 306 g/mol. The molecular formula is C18H21N3OS. The van der Waals surface area contributed by atoms with Gasteiger partial charge in [0.2, 0.25) is 0 Å². The predicted octanol–water partition coefficient (Wildman–Crippen LogP) is 3.65. The average molecular weight is 327 g/mol. The molecule has 23 heavy (non-hydrogen) atoms. The van der Waals surface area contributed by atoms with E-state index in [4.69, 9.17) is 0 Å². The van der Waals surface area contributed by atoms with Crippen LogP contribution >= 0.6 is 12.6 Å². The van der Waals surface area contributed by atoms with E-state index in [1.807, 2.05) is 37.3 Å². The Balaban J connectivity index is 2.14. The van der Waals surface area contributed by atoms with Gasteiger partial charge in [-0.15, -0.1) is 12.6 Å². The SMILES string of the molecule is Cc1ccc(N2C(S)=C(C#N)C(=O)NC23CCCCCC3)cc1. The molecule has 1 aromatic rings. The first-order valence-corrected chi connectivity index (χ1v) is 8.55. The van der Waals surface area contributed by atoms with E-state index in [2.05, 4.69) is 22.8 Å². The molecule has 0 unspecified atom stereocenters. The molecule has 2 aliphatic rings. The summed E-state index contributed by atoms with van der Waals surface area (Å²) in [6, 6.07) is 10.2. The lowest BCUT2D eigenvalue weighted by Gasteiger charge is -2.48. The smallest absolute Gasteiger partial charge is 0.266 e. The Kier molecular flexibility index (Phi) is 4.36. The lowest BCUT2D eigenvalue weighted by molar-refractivity contribution is -0.119. The van der Waals surface area contributed by atoms with Crippen LogP contribution in [0.3, 0.4) is 0 Å². The van der Waals surface area contributed by atoms with E-state index in [1.54, 1.807) is 0 Å².